The van der Waals surface area contributed by atoms with Crippen LogP contribution in [0.4, 0.5) is 13.6 Å². The van der Waals surface area contributed by atoms with Gasteiger partial charge in [0.05, 0.1) is 18.1 Å². The Balaban J connectivity index is 1.41. The average molecular weight is 603 g/mol. The fourth-order valence-corrected chi connectivity index (χ4v) is 5.96. The number of halogens is 3. The van der Waals surface area contributed by atoms with Crippen molar-refractivity contribution in [3.8, 4) is 11.5 Å². The van der Waals surface area contributed by atoms with Gasteiger partial charge in [-0.1, -0.05) is 11.6 Å². The number of hydrogen-bond donors (Lipinski definition) is 3. The van der Waals surface area contributed by atoms with Gasteiger partial charge >= 0.3 is 6.03 Å². The van der Waals surface area contributed by atoms with Gasteiger partial charge in [0, 0.05) is 31.2 Å². The molecule has 40 heavy (non-hydrogen) atoms. The number of amides is 3. The van der Waals surface area contributed by atoms with E-state index in [0.29, 0.717) is 69.4 Å². The summed E-state index contributed by atoms with van der Waals surface area (Å²) in [5.41, 5.74) is 1.44. The third kappa shape index (κ3) is 7.37. The molecule has 2 aliphatic rings. The minimum absolute atomic E-state index is 0.00602. The quantitative estimate of drug-likeness (QED) is 0.312. The normalized spacial score (nSPS) is 17.4. The summed E-state index contributed by atoms with van der Waals surface area (Å²) < 4.78 is 68.1. The van der Waals surface area contributed by atoms with Crippen molar-refractivity contribution in [3.05, 3.63) is 53.1 Å². The van der Waals surface area contributed by atoms with E-state index < -0.39 is 44.3 Å². The van der Waals surface area contributed by atoms with Crippen molar-refractivity contribution in [2.75, 3.05) is 39.4 Å². The van der Waals surface area contributed by atoms with Gasteiger partial charge in [0.25, 0.3) is 5.91 Å². The molecule has 4 rings (SSSR count). The second-order valence-electron chi connectivity index (χ2n) is 9.47. The van der Waals surface area contributed by atoms with Gasteiger partial charge in [-0.25, -0.2) is 27.5 Å². The molecular formula is C25H29ClF2N4O7S. The highest BCUT2D eigenvalue weighted by Crippen LogP contribution is 2.31. The Bertz CT molecular complexity index is 1300. The Hall–Kier alpha value is -3.04. The molecule has 0 unspecified atom stereocenters. The van der Waals surface area contributed by atoms with Crippen LogP contribution in [0.2, 0.25) is 5.02 Å². The molecule has 218 valence electrons. The van der Waals surface area contributed by atoms with Crippen molar-refractivity contribution in [2.45, 2.75) is 30.2 Å². The number of hydrogen-bond acceptors (Lipinski definition) is 7. The fraction of sp³-hybridized carbons (Fsp3) is 0.440. The van der Waals surface area contributed by atoms with Gasteiger partial charge in [0.1, 0.15) is 11.8 Å². The van der Waals surface area contributed by atoms with Crippen LogP contribution in [0, 0.1) is 17.6 Å². The molecule has 2 fully saturated rings. The Morgan fingerprint density at radius 2 is 1.62 bits per heavy atom. The lowest BCUT2D eigenvalue weighted by atomic mass is 9.90. The summed E-state index contributed by atoms with van der Waals surface area (Å²) in [4.78, 5) is 27.7. The SMILES string of the molecule is O=C(NO)[C@H](CC1CCN(C(=O)N2CCOCC2)CC1)NS(=O)(=O)c1cc(F)c(Oc2ccc(Cl)cc2)c(F)c1. The highest BCUT2D eigenvalue weighted by molar-refractivity contribution is 7.89. The number of ether oxygens (including phenoxy) is 2. The van der Waals surface area contributed by atoms with Crippen LogP contribution in [0.15, 0.2) is 41.3 Å². The fourth-order valence-electron chi connectivity index (χ4n) is 4.60. The van der Waals surface area contributed by atoms with Crippen molar-refractivity contribution in [2.24, 2.45) is 5.92 Å². The first kappa shape index (κ1) is 29.9. The van der Waals surface area contributed by atoms with Crippen LogP contribution in [0.3, 0.4) is 0 Å². The van der Waals surface area contributed by atoms with E-state index in [4.69, 9.17) is 21.1 Å². The summed E-state index contributed by atoms with van der Waals surface area (Å²) in [6.07, 6.45) is 0.980. The van der Waals surface area contributed by atoms with Crippen LogP contribution < -0.4 is 14.9 Å². The number of likely N-dealkylation sites (tertiary alicyclic amines) is 1. The zero-order valence-electron chi connectivity index (χ0n) is 21.3. The Morgan fingerprint density at radius 1 is 1.05 bits per heavy atom. The molecule has 11 nitrogen and oxygen atoms in total. The maximum absolute atomic E-state index is 14.7. The van der Waals surface area contributed by atoms with E-state index in [1.165, 1.54) is 29.7 Å². The van der Waals surface area contributed by atoms with E-state index in [0.717, 1.165) is 0 Å². The summed E-state index contributed by atoms with van der Waals surface area (Å²) in [6, 6.07) is 5.28. The van der Waals surface area contributed by atoms with E-state index >= 15 is 0 Å². The van der Waals surface area contributed by atoms with Crippen molar-refractivity contribution < 1.29 is 41.5 Å². The third-order valence-corrected chi connectivity index (χ3v) is 8.48. The largest absolute Gasteiger partial charge is 0.451 e. The number of carbonyl (C=O) groups excluding carboxylic acids is 2. The molecule has 2 heterocycles. The molecule has 0 bridgehead atoms. The zero-order valence-corrected chi connectivity index (χ0v) is 22.9. The summed E-state index contributed by atoms with van der Waals surface area (Å²) in [7, 11) is -4.60. The molecule has 2 aliphatic heterocycles. The second kappa shape index (κ2) is 13.1. The number of nitrogens with zero attached hydrogens (tertiary/aromatic N) is 2. The van der Waals surface area contributed by atoms with Gasteiger partial charge in [0.2, 0.25) is 10.0 Å². The first-order valence-electron chi connectivity index (χ1n) is 12.6. The van der Waals surface area contributed by atoms with E-state index in [-0.39, 0.29) is 24.1 Å². The Morgan fingerprint density at radius 3 is 2.20 bits per heavy atom. The number of carbonyl (C=O) groups is 2. The summed E-state index contributed by atoms with van der Waals surface area (Å²) in [5, 5.41) is 9.58. The zero-order chi connectivity index (χ0) is 28.9. The average Bonchev–Trinajstić information content (AvgIpc) is 2.95. The molecular weight excluding hydrogens is 574 g/mol. The molecule has 0 saturated carbocycles. The molecule has 0 radical (unpaired) electrons. The molecule has 3 N–H and O–H groups in total. The predicted molar refractivity (Wildman–Crippen MR) is 139 cm³/mol. The standard InChI is InChI=1S/C25H29ClF2N4O7S/c26-17-1-3-18(4-2-17)39-23-20(27)14-19(15-21(23)28)40(36,37)30-22(24(33)29-35)13-16-5-7-31(8-6-16)25(34)32-9-11-38-12-10-32/h1-4,14-16,22,30,35H,5-13H2,(H,29,33)/t22-/m0/s1. The minimum atomic E-state index is -4.60. The van der Waals surface area contributed by atoms with E-state index in [1.54, 1.807) is 9.80 Å². The van der Waals surface area contributed by atoms with E-state index in [2.05, 4.69) is 4.72 Å². The predicted octanol–water partition coefficient (Wildman–Crippen LogP) is 3.12. The maximum atomic E-state index is 14.7. The molecule has 0 aromatic heterocycles. The highest BCUT2D eigenvalue weighted by atomic mass is 35.5. The summed E-state index contributed by atoms with van der Waals surface area (Å²) >= 11 is 5.79. The van der Waals surface area contributed by atoms with Gasteiger partial charge in [-0.2, -0.15) is 4.72 Å². The van der Waals surface area contributed by atoms with Crippen LogP contribution >= 0.6 is 11.6 Å². The topological polar surface area (TPSA) is 138 Å². The van der Waals surface area contributed by atoms with Gasteiger partial charge in [-0.3, -0.25) is 10.0 Å². The number of nitrogens with one attached hydrogen (secondary N) is 2. The maximum Gasteiger partial charge on any atom is 0.320 e. The van der Waals surface area contributed by atoms with Crippen LogP contribution in [-0.4, -0.2) is 80.8 Å². The van der Waals surface area contributed by atoms with Crippen LogP contribution in [-0.2, 0) is 19.6 Å². The summed E-state index contributed by atoms with van der Waals surface area (Å²) in [6.45, 7) is 2.79. The van der Waals surface area contributed by atoms with Gasteiger partial charge in [-0.15, -0.1) is 0 Å². The third-order valence-electron chi connectivity index (χ3n) is 6.78. The van der Waals surface area contributed by atoms with Crippen LogP contribution in [0.5, 0.6) is 11.5 Å². The van der Waals surface area contributed by atoms with Gasteiger partial charge < -0.3 is 19.3 Å². The number of morpholine rings is 1. The lowest BCUT2D eigenvalue weighted by Gasteiger charge is -2.37. The van der Waals surface area contributed by atoms with Crippen molar-refractivity contribution in [3.63, 3.8) is 0 Å². The number of benzene rings is 2. The molecule has 1 atom stereocenters. The summed E-state index contributed by atoms with van der Waals surface area (Å²) in [5.74, 6) is -4.49. The molecule has 2 aromatic carbocycles. The van der Waals surface area contributed by atoms with E-state index in [1.807, 2.05) is 0 Å². The molecule has 15 heteroatoms. The van der Waals surface area contributed by atoms with Crippen molar-refractivity contribution >= 4 is 33.6 Å². The monoisotopic (exact) mass is 602 g/mol. The lowest BCUT2D eigenvalue weighted by molar-refractivity contribution is -0.131. The minimum Gasteiger partial charge on any atom is -0.451 e. The number of piperidine rings is 1. The van der Waals surface area contributed by atoms with Crippen molar-refractivity contribution in [1.29, 1.82) is 0 Å². The van der Waals surface area contributed by atoms with Gasteiger partial charge in [0.15, 0.2) is 17.4 Å². The number of sulfonamides is 1. The number of hydroxylamine groups is 1. The molecule has 3 amide bonds. The second-order valence-corrected chi connectivity index (χ2v) is 11.6. The number of rotatable bonds is 8. The first-order valence-corrected chi connectivity index (χ1v) is 14.4. The lowest BCUT2D eigenvalue weighted by Crippen LogP contribution is -2.51. The Kier molecular flexibility index (Phi) is 9.79. The molecule has 0 spiro atoms. The molecule has 2 saturated heterocycles. The van der Waals surface area contributed by atoms with Crippen LogP contribution in [0.1, 0.15) is 19.3 Å². The first-order chi connectivity index (χ1) is 19.1. The van der Waals surface area contributed by atoms with Gasteiger partial charge in [-0.05, 0) is 61.6 Å². The smallest absolute Gasteiger partial charge is 0.320 e. The van der Waals surface area contributed by atoms with Crippen molar-refractivity contribution in [1.82, 2.24) is 20.0 Å². The van der Waals surface area contributed by atoms with Crippen LogP contribution in [0.25, 0.3) is 0 Å². The molecule has 0 aliphatic carbocycles. The highest BCUT2D eigenvalue weighted by Gasteiger charge is 2.33. The van der Waals surface area contributed by atoms with E-state index in [9.17, 15) is 32.0 Å². The molecule has 2 aromatic rings. The Labute approximate surface area is 235 Å². The number of urea groups is 1.